The Hall–Kier alpha value is 0. The highest BCUT2D eigenvalue weighted by atomic mass is 14.4. The summed E-state index contributed by atoms with van der Waals surface area (Å²) < 4.78 is 0. The van der Waals surface area contributed by atoms with Gasteiger partial charge in [0.2, 0.25) is 0 Å². The highest BCUT2D eigenvalue weighted by Gasteiger charge is 2.31. The third-order valence-electron chi connectivity index (χ3n) is 4.07. The van der Waals surface area contributed by atoms with Crippen LogP contribution in [0.4, 0.5) is 0 Å². The van der Waals surface area contributed by atoms with E-state index in [1.165, 1.54) is 6.42 Å². The maximum Gasteiger partial charge on any atom is -0.0340 e. The van der Waals surface area contributed by atoms with E-state index in [1.807, 2.05) is 0 Å². The Morgan fingerprint density at radius 2 is 1.29 bits per heavy atom. The van der Waals surface area contributed by atoms with Crippen molar-refractivity contribution in [3.63, 3.8) is 0 Å². The molecule has 0 aliphatic rings. The zero-order valence-electron chi connectivity index (χ0n) is 11.5. The van der Waals surface area contributed by atoms with Crippen LogP contribution in [0.15, 0.2) is 0 Å². The van der Waals surface area contributed by atoms with Crippen molar-refractivity contribution in [2.45, 2.75) is 61.8 Å². The van der Waals surface area contributed by atoms with Crippen LogP contribution in [0.25, 0.3) is 0 Å². The van der Waals surface area contributed by atoms with Gasteiger partial charge < -0.3 is 0 Å². The minimum atomic E-state index is 0.456. The molecule has 14 heavy (non-hydrogen) atoms. The van der Waals surface area contributed by atoms with Crippen LogP contribution in [0.2, 0.25) is 0 Å². The monoisotopic (exact) mass is 198 g/mol. The van der Waals surface area contributed by atoms with Crippen LogP contribution >= 0.6 is 0 Å². The molecular formula is C14H30. The Morgan fingerprint density at radius 3 is 1.50 bits per heavy atom. The lowest BCUT2D eigenvalue weighted by atomic mass is 9.67. The van der Waals surface area contributed by atoms with E-state index in [2.05, 4.69) is 55.4 Å². The standard InChI is InChI=1S/C14H30/c1-9-13(14(6,7)8)12(5)11(4)10(2)3/h10-13H,9H2,1-8H3. The summed E-state index contributed by atoms with van der Waals surface area (Å²) in [5.74, 6) is 3.32. The van der Waals surface area contributed by atoms with Gasteiger partial charge in [-0.25, -0.2) is 0 Å². The first-order chi connectivity index (χ1) is 6.21. The van der Waals surface area contributed by atoms with Gasteiger partial charge in [0, 0.05) is 0 Å². The largest absolute Gasteiger partial charge is 0.0651 e. The molecule has 0 aromatic heterocycles. The van der Waals surface area contributed by atoms with E-state index in [4.69, 9.17) is 0 Å². The molecule has 0 fully saturated rings. The summed E-state index contributed by atoms with van der Waals surface area (Å²) in [4.78, 5) is 0. The topological polar surface area (TPSA) is 0 Å². The molecule has 0 heterocycles. The molecule has 0 N–H and O–H groups in total. The molecule has 3 unspecified atom stereocenters. The lowest BCUT2D eigenvalue weighted by Gasteiger charge is -2.39. The molecule has 0 saturated heterocycles. The van der Waals surface area contributed by atoms with Gasteiger partial charge in [0.25, 0.3) is 0 Å². The molecule has 0 rings (SSSR count). The third kappa shape index (κ3) is 3.63. The highest BCUT2D eigenvalue weighted by molar-refractivity contribution is 4.81. The molecule has 0 aliphatic carbocycles. The molecule has 0 nitrogen and oxygen atoms in total. The lowest BCUT2D eigenvalue weighted by molar-refractivity contribution is 0.104. The van der Waals surface area contributed by atoms with Gasteiger partial charge in [-0.2, -0.15) is 0 Å². The van der Waals surface area contributed by atoms with E-state index in [1.54, 1.807) is 0 Å². The molecule has 0 amide bonds. The van der Waals surface area contributed by atoms with E-state index in [9.17, 15) is 0 Å². The van der Waals surface area contributed by atoms with E-state index in [0.29, 0.717) is 5.41 Å². The van der Waals surface area contributed by atoms with E-state index >= 15 is 0 Å². The third-order valence-corrected chi connectivity index (χ3v) is 4.07. The van der Waals surface area contributed by atoms with Crippen LogP contribution < -0.4 is 0 Å². The lowest BCUT2D eigenvalue weighted by Crippen LogP contribution is -2.31. The van der Waals surface area contributed by atoms with Crippen LogP contribution in [0.3, 0.4) is 0 Å². The van der Waals surface area contributed by atoms with Crippen molar-refractivity contribution in [3.8, 4) is 0 Å². The van der Waals surface area contributed by atoms with Gasteiger partial charge >= 0.3 is 0 Å². The predicted molar refractivity (Wildman–Crippen MR) is 66.4 cm³/mol. The highest BCUT2D eigenvalue weighted by Crippen LogP contribution is 2.39. The molecule has 0 radical (unpaired) electrons. The van der Waals surface area contributed by atoms with Gasteiger partial charge in [-0.15, -0.1) is 0 Å². The fraction of sp³-hybridized carbons (Fsp3) is 1.00. The van der Waals surface area contributed by atoms with Crippen LogP contribution in [0.1, 0.15) is 61.8 Å². The summed E-state index contributed by atoms with van der Waals surface area (Å²) in [5.41, 5.74) is 0.456. The van der Waals surface area contributed by atoms with Gasteiger partial charge in [-0.1, -0.05) is 61.8 Å². The minimum absolute atomic E-state index is 0.456. The summed E-state index contributed by atoms with van der Waals surface area (Å²) in [6, 6.07) is 0. The summed E-state index contributed by atoms with van der Waals surface area (Å²) in [6.45, 7) is 19.0. The molecule has 0 heteroatoms. The van der Waals surface area contributed by atoms with Crippen LogP contribution in [0, 0.1) is 29.1 Å². The summed E-state index contributed by atoms with van der Waals surface area (Å²) in [7, 11) is 0. The maximum atomic E-state index is 2.43. The molecule has 3 atom stereocenters. The number of hydrogen-bond donors (Lipinski definition) is 0. The normalized spacial score (nSPS) is 19.5. The van der Waals surface area contributed by atoms with E-state index < -0.39 is 0 Å². The molecule has 0 bridgehead atoms. The average molecular weight is 198 g/mol. The second kappa shape index (κ2) is 5.19. The molecule has 0 aliphatic heterocycles. The van der Waals surface area contributed by atoms with Gasteiger partial charge in [-0.3, -0.25) is 0 Å². The fourth-order valence-electron chi connectivity index (χ4n) is 2.75. The Kier molecular flexibility index (Phi) is 5.19. The smallest absolute Gasteiger partial charge is 0.0340 e. The molecule has 0 saturated carbocycles. The Labute approximate surface area is 91.5 Å². The van der Waals surface area contributed by atoms with Crippen molar-refractivity contribution in [1.29, 1.82) is 0 Å². The summed E-state index contributed by atoms with van der Waals surface area (Å²) in [5, 5.41) is 0. The van der Waals surface area contributed by atoms with Gasteiger partial charge in [-0.05, 0) is 29.1 Å². The number of hydrogen-bond acceptors (Lipinski definition) is 0. The van der Waals surface area contributed by atoms with Crippen LogP contribution in [-0.4, -0.2) is 0 Å². The van der Waals surface area contributed by atoms with Crippen molar-refractivity contribution in [1.82, 2.24) is 0 Å². The maximum absolute atomic E-state index is 2.43. The molecular weight excluding hydrogens is 168 g/mol. The summed E-state index contributed by atoms with van der Waals surface area (Å²) >= 11 is 0. The van der Waals surface area contributed by atoms with Gasteiger partial charge in [0.1, 0.15) is 0 Å². The first kappa shape index (κ1) is 14.0. The molecule has 0 spiro atoms. The predicted octanol–water partition coefficient (Wildman–Crippen LogP) is 4.99. The SMILES string of the molecule is CCC(C(C)C(C)C(C)C)C(C)(C)C. The zero-order valence-corrected chi connectivity index (χ0v) is 11.5. The minimum Gasteiger partial charge on any atom is -0.0651 e. The zero-order chi connectivity index (χ0) is 11.5. The quantitative estimate of drug-likeness (QED) is 0.597. The second-order valence-corrected chi connectivity index (χ2v) is 6.34. The van der Waals surface area contributed by atoms with Crippen molar-refractivity contribution in [3.05, 3.63) is 0 Å². The van der Waals surface area contributed by atoms with Crippen molar-refractivity contribution in [2.75, 3.05) is 0 Å². The molecule has 86 valence electrons. The Morgan fingerprint density at radius 1 is 0.857 bits per heavy atom. The van der Waals surface area contributed by atoms with Crippen LogP contribution in [-0.2, 0) is 0 Å². The van der Waals surface area contributed by atoms with Gasteiger partial charge in [0.15, 0.2) is 0 Å². The fourth-order valence-corrected chi connectivity index (χ4v) is 2.75. The number of rotatable bonds is 4. The van der Waals surface area contributed by atoms with Gasteiger partial charge in [0.05, 0.1) is 0 Å². The van der Waals surface area contributed by atoms with Crippen LogP contribution in [0.5, 0.6) is 0 Å². The second-order valence-electron chi connectivity index (χ2n) is 6.34. The first-order valence-corrected chi connectivity index (χ1v) is 6.21. The Bertz CT molecular complexity index is 150. The van der Waals surface area contributed by atoms with E-state index in [-0.39, 0.29) is 0 Å². The Balaban J connectivity index is 4.54. The molecule has 0 aromatic rings. The first-order valence-electron chi connectivity index (χ1n) is 6.21. The summed E-state index contributed by atoms with van der Waals surface area (Å²) in [6.07, 6.45) is 1.31. The van der Waals surface area contributed by atoms with Crippen molar-refractivity contribution >= 4 is 0 Å². The molecule has 0 aromatic carbocycles. The van der Waals surface area contributed by atoms with Crippen molar-refractivity contribution < 1.29 is 0 Å². The van der Waals surface area contributed by atoms with Crippen molar-refractivity contribution in [2.24, 2.45) is 29.1 Å². The van der Waals surface area contributed by atoms with E-state index in [0.717, 1.165) is 23.7 Å². The average Bonchev–Trinajstić information content (AvgIpc) is 2.01.